The number of nitrogens with one attached hydrogen (secondary N) is 4. The van der Waals surface area contributed by atoms with Gasteiger partial charge in [-0.2, -0.15) is 0 Å². The van der Waals surface area contributed by atoms with Gasteiger partial charge in [0.25, 0.3) is 0 Å². The molecular formula is C60H68F4N8O6. The summed E-state index contributed by atoms with van der Waals surface area (Å²) in [7, 11) is 2.51. The maximum absolute atomic E-state index is 17.3. The van der Waals surface area contributed by atoms with Crippen molar-refractivity contribution >= 4 is 46.1 Å². The molecule has 0 spiro atoms. The van der Waals surface area contributed by atoms with Gasteiger partial charge in [-0.25, -0.2) is 37.1 Å². The largest absolute Gasteiger partial charge is 0.453 e. The van der Waals surface area contributed by atoms with E-state index in [9.17, 15) is 19.2 Å². The highest BCUT2D eigenvalue weighted by atomic mass is 19.1. The van der Waals surface area contributed by atoms with Gasteiger partial charge in [-0.3, -0.25) is 9.59 Å². The average Bonchev–Trinajstić information content (AvgIpc) is 4.43. The number of carbonyl (C=O) groups excluding carboxylic acids is 4. The predicted octanol–water partition coefficient (Wildman–Crippen LogP) is 11.6. The van der Waals surface area contributed by atoms with Crippen LogP contribution in [0.3, 0.4) is 0 Å². The molecular weight excluding hydrogens is 1000 g/mol. The van der Waals surface area contributed by atoms with Gasteiger partial charge in [0, 0.05) is 23.2 Å². The van der Waals surface area contributed by atoms with E-state index in [-0.39, 0.29) is 107 Å². The number of hydrogen-bond acceptors (Lipinski definition) is 8. The van der Waals surface area contributed by atoms with Crippen molar-refractivity contribution in [1.82, 2.24) is 40.4 Å². The van der Waals surface area contributed by atoms with Gasteiger partial charge in [0.2, 0.25) is 11.8 Å². The highest BCUT2D eigenvalue weighted by Crippen LogP contribution is 2.49. The molecule has 6 aromatic rings. The number of likely N-dealkylation sites (tertiary alicyclic amines) is 2. The van der Waals surface area contributed by atoms with Gasteiger partial charge < -0.3 is 39.9 Å². The van der Waals surface area contributed by atoms with Gasteiger partial charge in [-0.05, 0) is 158 Å². The summed E-state index contributed by atoms with van der Waals surface area (Å²) in [6.45, 7) is 7.45. The smallest absolute Gasteiger partial charge is 0.407 e. The number of rotatable bonds is 10. The number of carbonyl (C=O) groups is 4. The van der Waals surface area contributed by atoms with E-state index in [1.165, 1.54) is 26.4 Å². The molecule has 78 heavy (non-hydrogen) atoms. The van der Waals surface area contributed by atoms with E-state index >= 15 is 17.6 Å². The van der Waals surface area contributed by atoms with E-state index in [2.05, 4.69) is 20.6 Å². The van der Waals surface area contributed by atoms with Crippen LogP contribution in [0.15, 0.2) is 48.5 Å². The molecule has 0 unspecified atom stereocenters. The van der Waals surface area contributed by atoms with E-state index in [0.29, 0.717) is 57.8 Å². The molecule has 2 aliphatic heterocycles. The van der Waals surface area contributed by atoms with Crippen molar-refractivity contribution in [2.45, 2.75) is 154 Å². The van der Waals surface area contributed by atoms with Crippen LogP contribution in [0.4, 0.5) is 27.2 Å². The monoisotopic (exact) mass is 1070 g/mol. The lowest BCUT2D eigenvalue weighted by Crippen LogP contribution is -2.53. The fourth-order valence-corrected chi connectivity index (χ4v) is 13.8. The molecule has 4 heterocycles. The number of imidazole rings is 2. The van der Waals surface area contributed by atoms with Crippen molar-refractivity contribution in [2.75, 3.05) is 14.2 Å². The minimum absolute atomic E-state index is 0.0557. The van der Waals surface area contributed by atoms with Crippen LogP contribution in [0.1, 0.15) is 138 Å². The zero-order valence-corrected chi connectivity index (χ0v) is 45.0. The summed E-state index contributed by atoms with van der Waals surface area (Å²) >= 11 is 0. The molecule has 0 radical (unpaired) electrons. The summed E-state index contributed by atoms with van der Waals surface area (Å²) in [5.74, 6) is -2.01. The van der Waals surface area contributed by atoms with E-state index < -0.39 is 59.6 Å². The summed E-state index contributed by atoms with van der Waals surface area (Å²) in [6.07, 6.45) is 7.76. The molecule has 2 saturated carbocycles. The molecule has 8 atom stereocenters. The highest BCUT2D eigenvalue weighted by molar-refractivity contribution is 5.89. The lowest BCUT2D eigenvalue weighted by Gasteiger charge is -2.36. The van der Waals surface area contributed by atoms with Crippen molar-refractivity contribution < 1.29 is 46.2 Å². The topological polar surface area (TPSA) is 175 Å². The maximum Gasteiger partial charge on any atom is 0.407 e. The number of fused-ring (bicyclic) bond motifs is 4. The molecule has 14 rings (SSSR count). The predicted molar refractivity (Wildman–Crippen MR) is 286 cm³/mol. The number of hydrogen-bond donors (Lipinski definition) is 4. The molecule has 8 aliphatic rings. The van der Waals surface area contributed by atoms with Crippen molar-refractivity contribution in [3.63, 3.8) is 0 Å². The maximum atomic E-state index is 17.3. The number of aromatic amines is 2. The third-order valence-corrected chi connectivity index (χ3v) is 17.7. The molecule has 2 aromatic heterocycles. The van der Waals surface area contributed by atoms with E-state index in [1.807, 2.05) is 37.5 Å². The summed E-state index contributed by atoms with van der Waals surface area (Å²) in [6, 6.07) is 10.2. The minimum Gasteiger partial charge on any atom is -0.453 e. The molecule has 412 valence electrons. The quantitative estimate of drug-likeness (QED) is 0.0981. The SMILES string of the molecule is COC(=O)N[C@H](C(=O)N1[C@H](c2nc3c(F)c(-c4cc5cc(F)c4CCc4cc(F)c(c(-c6ccc7[nH]c([C@@H]8C[C@@H]9CCCC[C@@H]9N8C(=O)[C@@H](NC(=O)OC)C(C)C)nc7c6F)c4)CC5)ccc3[nH]2)C[C@@H]2CCCC[C@@H]21)C(C)C. The molecule has 4 aromatic carbocycles. The van der Waals surface area contributed by atoms with Crippen molar-refractivity contribution in [2.24, 2.45) is 23.7 Å². The van der Waals surface area contributed by atoms with Gasteiger partial charge in [0.05, 0.1) is 37.3 Å². The Bertz CT molecular complexity index is 3120. The van der Waals surface area contributed by atoms with Crippen LogP contribution in [0.2, 0.25) is 0 Å². The second kappa shape index (κ2) is 21.3. The number of H-pyrrole nitrogens is 2. The number of benzene rings is 4. The van der Waals surface area contributed by atoms with E-state index in [0.717, 1.165) is 51.4 Å². The highest BCUT2D eigenvalue weighted by Gasteiger charge is 2.50. The lowest BCUT2D eigenvalue weighted by atomic mass is 9.84. The Morgan fingerprint density at radius 1 is 0.564 bits per heavy atom. The number of methoxy groups -OCH3 is 2. The second-order valence-electron chi connectivity index (χ2n) is 23.0. The van der Waals surface area contributed by atoms with Gasteiger partial charge in [-0.1, -0.05) is 65.5 Å². The number of aromatic nitrogens is 4. The Balaban J connectivity index is 0.897. The first-order chi connectivity index (χ1) is 37.5. The molecule has 14 nitrogen and oxygen atoms in total. The van der Waals surface area contributed by atoms with Crippen LogP contribution < -0.4 is 10.6 Å². The van der Waals surface area contributed by atoms with Crippen LogP contribution in [0.25, 0.3) is 44.3 Å². The second-order valence-corrected chi connectivity index (χ2v) is 23.0. The van der Waals surface area contributed by atoms with Gasteiger partial charge in [0.15, 0.2) is 11.6 Å². The van der Waals surface area contributed by atoms with Crippen LogP contribution >= 0.6 is 0 Å². The number of alkyl carbamates (subject to hydrolysis) is 2. The van der Waals surface area contributed by atoms with Gasteiger partial charge in [0.1, 0.15) is 46.4 Å². The fourth-order valence-electron chi connectivity index (χ4n) is 13.8. The first-order valence-corrected chi connectivity index (χ1v) is 27.9. The zero-order valence-electron chi connectivity index (χ0n) is 45.0. The number of nitrogens with zero attached hydrogens (tertiary/aromatic N) is 4. The third kappa shape index (κ3) is 9.53. The summed E-state index contributed by atoms with van der Waals surface area (Å²) in [4.78, 5) is 73.8. The Labute approximate surface area is 450 Å². The van der Waals surface area contributed by atoms with Gasteiger partial charge >= 0.3 is 12.2 Å². The van der Waals surface area contributed by atoms with Gasteiger partial charge in [-0.15, -0.1) is 0 Å². The lowest BCUT2D eigenvalue weighted by molar-refractivity contribution is -0.139. The third-order valence-electron chi connectivity index (χ3n) is 17.7. The summed E-state index contributed by atoms with van der Waals surface area (Å²) in [5.41, 5.74) is 3.45. The molecule has 2 saturated heterocycles. The van der Waals surface area contributed by atoms with Crippen LogP contribution in [-0.2, 0) is 44.7 Å². The molecule has 18 heteroatoms. The van der Waals surface area contributed by atoms with E-state index in [1.54, 1.807) is 36.4 Å². The van der Waals surface area contributed by atoms with Crippen LogP contribution in [0.5, 0.6) is 0 Å². The normalized spacial score (nSPS) is 22.8. The first-order valence-electron chi connectivity index (χ1n) is 27.9. The summed E-state index contributed by atoms with van der Waals surface area (Å²) < 4.78 is 77.4. The molecule has 4 bridgehead atoms. The Morgan fingerprint density at radius 2 is 0.962 bits per heavy atom. The number of amides is 4. The minimum atomic E-state index is -0.848. The number of ether oxygens (including phenoxy) is 2. The number of halogens is 4. The average molecular weight is 1070 g/mol. The first kappa shape index (κ1) is 53.0. The van der Waals surface area contributed by atoms with Crippen LogP contribution in [0, 0.1) is 46.9 Å². The van der Waals surface area contributed by atoms with Crippen molar-refractivity contribution in [3.05, 3.63) is 106 Å². The Kier molecular flexibility index (Phi) is 14.5. The van der Waals surface area contributed by atoms with E-state index in [4.69, 9.17) is 19.4 Å². The van der Waals surface area contributed by atoms with Crippen molar-refractivity contribution in [1.29, 1.82) is 0 Å². The molecule has 4 fully saturated rings. The standard InChI is InChI=1S/C60H68F4N8O6/c1-29(2)51(69-59(75)77-5)57(73)71-45-13-9-7-11-33(45)27-47(71)55-65-43-21-19-37(49(63)53(43)67-55)39-23-31-16-18-36-40(24-32(26-42(36)62)15-17-35(39)41(61)25-31)38-20-22-44-54(50(38)64)68-56(66-44)48-28-34-12-8-10-14-46(34)72(48)58(74)52(30(3)4)70-60(76)78-6/h19-26,29-30,33-34,45-48,51-52H,7-18,27-28H2,1-6H3,(H,65,67)(H,66,68)(H,69,75)(H,70,76)/t33-,34-,45-,46-,47-,48-,51-,52-/m0/s1. The molecule has 4 amide bonds. The summed E-state index contributed by atoms with van der Waals surface area (Å²) in [5, 5.41) is 5.47. The zero-order chi connectivity index (χ0) is 54.8. The fraction of sp³-hybridized carbons (Fsp3) is 0.500. The molecule has 6 aliphatic carbocycles. The number of aryl methyl sites for hydroxylation is 2. The molecule has 4 N–H and O–H groups in total. The van der Waals surface area contributed by atoms with Crippen LogP contribution in [-0.4, -0.2) is 92.1 Å². The Morgan fingerprint density at radius 3 is 1.35 bits per heavy atom. The Hall–Kier alpha value is -6.98. The van der Waals surface area contributed by atoms with Crippen molar-refractivity contribution in [3.8, 4) is 22.3 Å².